The minimum Gasteiger partial charge on any atom is -0.506 e. The molecule has 82 valence electrons. The first-order valence-electron chi connectivity index (χ1n) is 7.16. The Balaban J connectivity index is 2.64. The van der Waals surface area contributed by atoms with Gasteiger partial charge in [-0.1, -0.05) is 25.1 Å². The summed E-state index contributed by atoms with van der Waals surface area (Å²) in [5, 5.41) is 9.78. The summed E-state index contributed by atoms with van der Waals surface area (Å²) in [5.74, 6) is -0.161. The van der Waals surface area contributed by atoms with E-state index in [4.69, 9.17) is 6.85 Å². The van der Waals surface area contributed by atoms with Crippen molar-refractivity contribution >= 4 is 0 Å². The summed E-state index contributed by atoms with van der Waals surface area (Å²) in [4.78, 5) is 11.9. The van der Waals surface area contributed by atoms with Crippen molar-refractivity contribution in [2.75, 3.05) is 0 Å². The number of aromatic nitrogens is 1. The van der Waals surface area contributed by atoms with Gasteiger partial charge in [0.2, 0.25) is 0 Å². The van der Waals surface area contributed by atoms with E-state index in [2.05, 4.69) is 0 Å². The minimum absolute atomic E-state index is 0.158. The average Bonchev–Trinajstić information content (AvgIpc) is 2.38. The minimum atomic E-state index is -2.87. The number of hydrogen-bond donors (Lipinski definition) is 1. The van der Waals surface area contributed by atoms with Gasteiger partial charge in [0.1, 0.15) is 5.75 Å². The number of benzene rings is 1. The monoisotopic (exact) mass is 220 g/mol. The van der Waals surface area contributed by atoms with Gasteiger partial charge in [-0.15, -0.1) is 0 Å². The summed E-state index contributed by atoms with van der Waals surface area (Å²) in [6.45, 7) is -2.87. The van der Waals surface area contributed by atoms with E-state index in [0.29, 0.717) is 0 Å². The Hall–Kier alpha value is -2.03. The molecule has 2 rings (SSSR count). The van der Waals surface area contributed by atoms with Crippen molar-refractivity contribution < 1.29 is 12.0 Å². The fourth-order valence-electron chi connectivity index (χ4n) is 1.42. The summed E-state index contributed by atoms with van der Waals surface area (Å²) in [7, 11) is 0. The molecule has 1 heterocycles. The highest BCUT2D eigenvalue weighted by Crippen LogP contribution is 2.19. The number of para-hydroxylation sites is 2. The molecular weight excluding hydrogens is 202 g/mol. The van der Waals surface area contributed by atoms with Crippen LogP contribution in [0, 0.1) is 0 Å². The molecule has 0 saturated heterocycles. The lowest BCUT2D eigenvalue weighted by Crippen LogP contribution is -2.17. The van der Waals surface area contributed by atoms with Crippen LogP contribution in [0.4, 0.5) is 0 Å². The molecule has 0 fully saturated rings. The van der Waals surface area contributed by atoms with E-state index in [-0.39, 0.29) is 17.0 Å². The molecule has 16 heavy (non-hydrogen) atoms. The Morgan fingerprint density at radius 1 is 1.38 bits per heavy atom. The van der Waals surface area contributed by atoms with E-state index in [1.54, 1.807) is 12.1 Å². The summed E-state index contributed by atoms with van der Waals surface area (Å²) in [5.41, 5.74) is -0.502. The number of nitrogens with zero attached hydrogens (tertiary/aromatic N) is 1. The molecule has 0 unspecified atom stereocenters. The number of phenolic OH excluding ortho intramolecular Hbond substituents is 1. The predicted octanol–water partition coefficient (Wildman–Crippen LogP) is 2.11. The maximum absolute atomic E-state index is 11.9. The third-order valence-corrected chi connectivity index (χ3v) is 2.20. The second-order valence-electron chi connectivity index (χ2n) is 3.24. The van der Waals surface area contributed by atoms with Crippen LogP contribution in [0.1, 0.15) is 19.3 Å². The summed E-state index contributed by atoms with van der Waals surface area (Å²) < 4.78 is 38.3. The molecule has 1 aromatic heterocycles. The van der Waals surface area contributed by atoms with E-state index in [0.717, 1.165) is 22.9 Å². The molecule has 0 aliphatic rings. The van der Waals surface area contributed by atoms with Gasteiger partial charge in [-0.05, 0) is 24.1 Å². The standard InChI is InChI=1S/C13H13NO2/c1-2-10-7-8-13(16)14(9-10)11-5-3-4-6-12(11)15/h3-9,15H,2H2,1H3/i1D3,2D2. The van der Waals surface area contributed by atoms with Gasteiger partial charge in [-0.3, -0.25) is 9.36 Å². The van der Waals surface area contributed by atoms with Crippen LogP contribution in [0.15, 0.2) is 47.4 Å². The predicted molar refractivity (Wildman–Crippen MR) is 63.1 cm³/mol. The van der Waals surface area contributed by atoms with Gasteiger partial charge in [-0.2, -0.15) is 0 Å². The first-order valence-corrected chi connectivity index (χ1v) is 4.66. The van der Waals surface area contributed by atoms with Crippen molar-refractivity contribution in [2.24, 2.45) is 0 Å². The van der Waals surface area contributed by atoms with Crippen molar-refractivity contribution in [2.45, 2.75) is 13.2 Å². The van der Waals surface area contributed by atoms with Crippen LogP contribution in [0.25, 0.3) is 5.69 Å². The highest BCUT2D eigenvalue weighted by atomic mass is 16.3. The fourth-order valence-corrected chi connectivity index (χ4v) is 1.42. The number of aromatic hydroxyl groups is 1. The molecule has 3 nitrogen and oxygen atoms in total. The molecule has 0 aliphatic heterocycles. The Labute approximate surface area is 101 Å². The van der Waals surface area contributed by atoms with Crippen molar-refractivity contribution in [1.29, 1.82) is 0 Å². The van der Waals surface area contributed by atoms with E-state index >= 15 is 0 Å². The topological polar surface area (TPSA) is 42.2 Å². The number of pyridine rings is 1. The number of hydrogen-bond acceptors (Lipinski definition) is 2. The lowest BCUT2D eigenvalue weighted by Gasteiger charge is -2.08. The van der Waals surface area contributed by atoms with Crippen LogP contribution in [0.5, 0.6) is 5.75 Å². The second-order valence-corrected chi connectivity index (χ2v) is 3.24. The van der Waals surface area contributed by atoms with E-state index in [1.807, 2.05) is 0 Å². The van der Waals surface area contributed by atoms with Crippen LogP contribution in [0.2, 0.25) is 0 Å². The van der Waals surface area contributed by atoms with Crippen LogP contribution in [-0.2, 0) is 6.37 Å². The van der Waals surface area contributed by atoms with Gasteiger partial charge >= 0.3 is 0 Å². The zero-order valence-corrected chi connectivity index (χ0v) is 8.34. The van der Waals surface area contributed by atoms with Gasteiger partial charge in [0.15, 0.2) is 0 Å². The van der Waals surface area contributed by atoms with E-state index < -0.39 is 18.8 Å². The van der Waals surface area contributed by atoms with Crippen LogP contribution in [0.3, 0.4) is 0 Å². The maximum atomic E-state index is 11.9. The van der Waals surface area contributed by atoms with Gasteiger partial charge < -0.3 is 5.11 Å². The Bertz CT molecular complexity index is 721. The lowest BCUT2D eigenvalue weighted by molar-refractivity contribution is 0.471. The first-order chi connectivity index (χ1) is 9.64. The van der Waals surface area contributed by atoms with Gasteiger partial charge in [0, 0.05) is 19.1 Å². The van der Waals surface area contributed by atoms with Gasteiger partial charge in [0.05, 0.1) is 5.69 Å². The first kappa shape index (κ1) is 5.89. The molecule has 0 aliphatic carbocycles. The van der Waals surface area contributed by atoms with E-state index in [1.165, 1.54) is 12.1 Å². The van der Waals surface area contributed by atoms with Crippen LogP contribution < -0.4 is 5.56 Å². The highest BCUT2D eigenvalue weighted by molar-refractivity contribution is 5.45. The van der Waals surface area contributed by atoms with Gasteiger partial charge in [0.25, 0.3) is 5.56 Å². The molecule has 0 saturated carbocycles. The average molecular weight is 220 g/mol. The Morgan fingerprint density at radius 2 is 2.19 bits per heavy atom. The summed E-state index contributed by atoms with van der Waals surface area (Å²) in [6, 6.07) is 8.26. The Morgan fingerprint density at radius 3 is 2.94 bits per heavy atom. The van der Waals surface area contributed by atoms with Crippen molar-refractivity contribution in [3.8, 4) is 11.4 Å². The normalized spacial score (nSPS) is 16.6. The van der Waals surface area contributed by atoms with Crippen molar-refractivity contribution in [3.63, 3.8) is 0 Å². The quantitative estimate of drug-likeness (QED) is 0.842. The summed E-state index contributed by atoms with van der Waals surface area (Å²) >= 11 is 0. The maximum Gasteiger partial charge on any atom is 0.255 e. The zero-order chi connectivity index (χ0) is 15.8. The highest BCUT2D eigenvalue weighted by Gasteiger charge is 2.04. The van der Waals surface area contributed by atoms with E-state index in [9.17, 15) is 9.90 Å². The molecule has 0 atom stereocenters. The number of aryl methyl sites for hydroxylation is 1. The third-order valence-electron chi connectivity index (χ3n) is 2.20. The smallest absolute Gasteiger partial charge is 0.255 e. The van der Waals surface area contributed by atoms with Crippen LogP contribution >= 0.6 is 0 Å². The number of phenols is 1. The molecule has 0 spiro atoms. The molecule has 3 heteroatoms. The molecule has 1 aromatic carbocycles. The van der Waals surface area contributed by atoms with Crippen LogP contribution in [-0.4, -0.2) is 9.67 Å². The molecule has 2 aromatic rings. The van der Waals surface area contributed by atoms with Gasteiger partial charge in [-0.25, -0.2) is 0 Å². The Kier molecular flexibility index (Phi) is 1.56. The lowest BCUT2D eigenvalue weighted by atomic mass is 10.2. The second kappa shape index (κ2) is 4.23. The SMILES string of the molecule is [2H]C([2H])([2H])C([2H])([2H])c1ccc(=O)n(-c2ccccc2O)c1. The molecule has 0 bridgehead atoms. The molecular formula is C13H13NO2. The molecule has 0 radical (unpaired) electrons. The molecule has 0 amide bonds. The van der Waals surface area contributed by atoms with Crippen molar-refractivity contribution in [3.05, 3.63) is 58.5 Å². The zero-order valence-electron chi connectivity index (χ0n) is 13.3. The number of rotatable bonds is 2. The third kappa shape index (κ3) is 1.84. The summed E-state index contributed by atoms with van der Waals surface area (Å²) in [6.07, 6.45) is -1.50. The van der Waals surface area contributed by atoms with Crippen molar-refractivity contribution in [1.82, 2.24) is 4.57 Å². The molecule has 1 N–H and O–H groups in total. The largest absolute Gasteiger partial charge is 0.506 e. The fraction of sp³-hybridized carbons (Fsp3) is 0.154.